The molecule has 2 N–H and O–H groups in total. The molecule has 0 atom stereocenters. The van der Waals surface area contributed by atoms with E-state index in [2.05, 4.69) is 26.6 Å². The minimum absolute atomic E-state index is 0.0786. The summed E-state index contributed by atoms with van der Waals surface area (Å²) in [5.74, 6) is -0.924. The summed E-state index contributed by atoms with van der Waals surface area (Å²) in [5.41, 5.74) is 0.969. The van der Waals surface area contributed by atoms with Crippen molar-refractivity contribution in [1.82, 2.24) is 9.62 Å². The molecule has 29 heavy (non-hydrogen) atoms. The fraction of sp³-hybridized carbons (Fsp3) is 0.368. The van der Waals surface area contributed by atoms with Gasteiger partial charge in [0.05, 0.1) is 11.4 Å². The number of carbonyl (C=O) groups is 2. The number of benzene rings is 1. The summed E-state index contributed by atoms with van der Waals surface area (Å²) in [7, 11) is -3.61. The Balaban J connectivity index is 1.66. The van der Waals surface area contributed by atoms with Gasteiger partial charge in [0.2, 0.25) is 15.9 Å². The standard InChI is InChI=1S/C19H22BrN3O5S/c1-13-5-6-14(11-16(13)29(26,27)23-9-3-2-4-10-23)22-18(24)12-21-19(25)15-7-8-17(20)28-15/h5-8,11H,2-4,9-10,12H2,1H3,(H,21,25)(H,22,24). The highest BCUT2D eigenvalue weighted by atomic mass is 79.9. The number of nitrogens with zero attached hydrogens (tertiary/aromatic N) is 1. The summed E-state index contributed by atoms with van der Waals surface area (Å²) in [5, 5.41) is 5.07. The number of piperidine rings is 1. The van der Waals surface area contributed by atoms with E-state index in [1.807, 2.05) is 0 Å². The largest absolute Gasteiger partial charge is 0.444 e. The van der Waals surface area contributed by atoms with Gasteiger partial charge in [-0.05, 0) is 65.5 Å². The van der Waals surface area contributed by atoms with Gasteiger partial charge in [0.1, 0.15) is 0 Å². The molecule has 3 rings (SSSR count). The van der Waals surface area contributed by atoms with Crippen LogP contribution < -0.4 is 10.6 Å². The fourth-order valence-corrected chi connectivity index (χ4v) is 5.16. The Kier molecular flexibility index (Phi) is 6.76. The summed E-state index contributed by atoms with van der Waals surface area (Å²) in [6, 6.07) is 7.81. The first-order chi connectivity index (χ1) is 13.8. The maximum Gasteiger partial charge on any atom is 0.287 e. The van der Waals surface area contributed by atoms with Gasteiger partial charge in [-0.2, -0.15) is 4.31 Å². The summed E-state index contributed by atoms with van der Waals surface area (Å²) >= 11 is 3.10. The predicted octanol–water partition coefficient (Wildman–Crippen LogP) is 2.89. The van der Waals surface area contributed by atoms with Crippen molar-refractivity contribution in [2.24, 2.45) is 0 Å². The lowest BCUT2D eigenvalue weighted by Crippen LogP contribution is -2.36. The lowest BCUT2D eigenvalue weighted by molar-refractivity contribution is -0.115. The van der Waals surface area contributed by atoms with Gasteiger partial charge < -0.3 is 15.1 Å². The molecule has 0 saturated carbocycles. The number of carbonyl (C=O) groups excluding carboxylic acids is 2. The smallest absolute Gasteiger partial charge is 0.287 e. The topological polar surface area (TPSA) is 109 Å². The lowest BCUT2D eigenvalue weighted by Gasteiger charge is -2.26. The second-order valence-corrected chi connectivity index (χ2v) is 9.47. The van der Waals surface area contributed by atoms with Crippen LogP contribution in [0.4, 0.5) is 5.69 Å². The van der Waals surface area contributed by atoms with Gasteiger partial charge in [-0.25, -0.2) is 8.42 Å². The molecule has 1 aromatic heterocycles. The van der Waals surface area contributed by atoms with Crippen molar-refractivity contribution in [3.8, 4) is 0 Å². The van der Waals surface area contributed by atoms with Crippen LogP contribution in [0.3, 0.4) is 0 Å². The second kappa shape index (κ2) is 9.10. The van der Waals surface area contributed by atoms with Crippen LogP contribution in [0, 0.1) is 6.92 Å². The molecule has 2 amide bonds. The van der Waals surface area contributed by atoms with Gasteiger partial charge in [0, 0.05) is 18.8 Å². The normalized spacial score (nSPS) is 15.1. The minimum Gasteiger partial charge on any atom is -0.444 e. The van der Waals surface area contributed by atoms with Crippen molar-refractivity contribution >= 4 is 43.5 Å². The van der Waals surface area contributed by atoms with Crippen LogP contribution in [0.5, 0.6) is 0 Å². The molecule has 1 aromatic carbocycles. The van der Waals surface area contributed by atoms with E-state index in [0.29, 0.717) is 29.0 Å². The van der Waals surface area contributed by atoms with E-state index in [0.717, 1.165) is 19.3 Å². The summed E-state index contributed by atoms with van der Waals surface area (Å²) in [6.45, 7) is 2.46. The zero-order valence-electron chi connectivity index (χ0n) is 15.9. The van der Waals surface area contributed by atoms with E-state index in [4.69, 9.17) is 4.42 Å². The number of aryl methyl sites for hydroxylation is 1. The molecule has 1 aliphatic heterocycles. The van der Waals surface area contributed by atoms with Crippen molar-refractivity contribution in [1.29, 1.82) is 0 Å². The van der Waals surface area contributed by atoms with Gasteiger partial charge in [0.15, 0.2) is 10.4 Å². The molecule has 0 bridgehead atoms. The number of hydrogen-bond acceptors (Lipinski definition) is 5. The molecule has 1 aliphatic rings. The molecule has 2 heterocycles. The average Bonchev–Trinajstić information content (AvgIpc) is 3.14. The fourth-order valence-electron chi connectivity index (χ4n) is 3.09. The number of amides is 2. The van der Waals surface area contributed by atoms with Crippen molar-refractivity contribution in [2.75, 3.05) is 25.0 Å². The van der Waals surface area contributed by atoms with Gasteiger partial charge in [0.25, 0.3) is 5.91 Å². The third-order valence-corrected chi connectivity index (χ3v) is 7.08. The molecule has 10 heteroatoms. The molecule has 0 spiro atoms. The van der Waals surface area contributed by atoms with Gasteiger partial charge in [-0.15, -0.1) is 0 Å². The van der Waals surface area contributed by atoms with Gasteiger partial charge >= 0.3 is 0 Å². The third-order valence-electron chi connectivity index (χ3n) is 4.61. The Hall–Kier alpha value is -2.17. The average molecular weight is 484 g/mol. The molecule has 8 nitrogen and oxygen atoms in total. The zero-order chi connectivity index (χ0) is 21.0. The number of sulfonamides is 1. The Morgan fingerprint density at radius 1 is 1.14 bits per heavy atom. The van der Waals surface area contributed by atoms with E-state index < -0.39 is 21.8 Å². The van der Waals surface area contributed by atoms with Gasteiger partial charge in [-0.1, -0.05) is 12.5 Å². The highest BCUT2D eigenvalue weighted by Crippen LogP contribution is 2.26. The van der Waals surface area contributed by atoms with Crippen LogP contribution in [-0.4, -0.2) is 44.2 Å². The van der Waals surface area contributed by atoms with Crippen LogP contribution in [0.15, 0.2) is 44.3 Å². The summed E-state index contributed by atoms with van der Waals surface area (Å²) < 4.78 is 32.9. The number of rotatable bonds is 6. The van der Waals surface area contributed by atoms with Crippen molar-refractivity contribution in [2.45, 2.75) is 31.1 Å². The van der Waals surface area contributed by atoms with Crippen molar-refractivity contribution < 1.29 is 22.4 Å². The quantitative estimate of drug-likeness (QED) is 0.656. The predicted molar refractivity (Wildman–Crippen MR) is 111 cm³/mol. The second-order valence-electron chi connectivity index (χ2n) is 6.78. The minimum atomic E-state index is -3.61. The Bertz CT molecular complexity index is 1010. The SMILES string of the molecule is Cc1ccc(NC(=O)CNC(=O)c2ccc(Br)o2)cc1S(=O)(=O)N1CCCCC1. The maximum atomic E-state index is 13.0. The van der Waals surface area contributed by atoms with E-state index in [1.54, 1.807) is 25.1 Å². The van der Waals surface area contributed by atoms with Gasteiger partial charge in [-0.3, -0.25) is 9.59 Å². The highest BCUT2D eigenvalue weighted by molar-refractivity contribution is 9.10. The van der Waals surface area contributed by atoms with Crippen molar-refractivity contribution in [3.05, 3.63) is 46.3 Å². The number of anilines is 1. The van der Waals surface area contributed by atoms with Crippen molar-refractivity contribution in [3.63, 3.8) is 0 Å². The van der Waals surface area contributed by atoms with Crippen LogP contribution in [0.2, 0.25) is 0 Å². The zero-order valence-corrected chi connectivity index (χ0v) is 18.3. The molecule has 0 aliphatic carbocycles. The monoisotopic (exact) mass is 483 g/mol. The van der Waals surface area contributed by atoms with Crippen LogP contribution in [0.25, 0.3) is 0 Å². The Morgan fingerprint density at radius 2 is 1.86 bits per heavy atom. The maximum absolute atomic E-state index is 13.0. The molecule has 1 fully saturated rings. The first-order valence-electron chi connectivity index (χ1n) is 9.21. The van der Waals surface area contributed by atoms with E-state index in [1.165, 1.54) is 16.4 Å². The molecule has 2 aromatic rings. The number of furan rings is 1. The highest BCUT2D eigenvalue weighted by Gasteiger charge is 2.27. The molecule has 0 unspecified atom stereocenters. The Labute approximate surface area is 177 Å². The number of nitrogens with one attached hydrogen (secondary N) is 2. The molecular formula is C19H22BrN3O5S. The first kappa shape index (κ1) is 21.5. The third kappa shape index (κ3) is 5.26. The van der Waals surface area contributed by atoms with E-state index in [-0.39, 0.29) is 17.2 Å². The lowest BCUT2D eigenvalue weighted by atomic mass is 10.2. The van der Waals surface area contributed by atoms with E-state index in [9.17, 15) is 18.0 Å². The first-order valence-corrected chi connectivity index (χ1v) is 11.4. The number of hydrogen-bond donors (Lipinski definition) is 2. The van der Waals surface area contributed by atoms with Crippen LogP contribution >= 0.6 is 15.9 Å². The molecule has 1 saturated heterocycles. The van der Waals surface area contributed by atoms with Crippen LogP contribution in [0.1, 0.15) is 35.4 Å². The Morgan fingerprint density at radius 3 is 2.52 bits per heavy atom. The summed E-state index contributed by atoms with van der Waals surface area (Å²) in [4.78, 5) is 24.3. The number of halogens is 1. The molecule has 0 radical (unpaired) electrons. The molecule has 156 valence electrons. The van der Waals surface area contributed by atoms with E-state index >= 15 is 0 Å². The summed E-state index contributed by atoms with van der Waals surface area (Å²) in [6.07, 6.45) is 2.73. The molecular weight excluding hydrogens is 462 g/mol. The van der Waals surface area contributed by atoms with Crippen LogP contribution in [-0.2, 0) is 14.8 Å².